The molecule has 7 heteroatoms. The Morgan fingerprint density at radius 3 is 2.69 bits per heavy atom. The van der Waals surface area contributed by atoms with Crippen LogP contribution in [0.3, 0.4) is 0 Å². The first kappa shape index (κ1) is 18.7. The predicted molar refractivity (Wildman–Crippen MR) is 104 cm³/mol. The van der Waals surface area contributed by atoms with Gasteiger partial charge in [0, 0.05) is 29.3 Å². The minimum Gasteiger partial charge on any atom is -0.460 e. The number of ether oxygens (including phenoxy) is 1. The van der Waals surface area contributed by atoms with Gasteiger partial charge in [-0.05, 0) is 38.5 Å². The van der Waals surface area contributed by atoms with Crippen LogP contribution in [0.2, 0.25) is 10.0 Å². The van der Waals surface area contributed by atoms with E-state index in [1.54, 1.807) is 18.5 Å². The van der Waals surface area contributed by atoms with E-state index in [1.165, 1.54) is 0 Å². The minimum absolute atomic E-state index is 0.235. The predicted octanol–water partition coefficient (Wildman–Crippen LogP) is 5.21. The molecule has 2 heterocycles. The molecule has 3 rings (SSSR count). The minimum atomic E-state index is -0.507. The average molecular weight is 392 g/mol. The Morgan fingerprint density at radius 1 is 1.27 bits per heavy atom. The molecule has 1 N–H and O–H groups in total. The third-order valence-electron chi connectivity index (χ3n) is 3.74. The summed E-state index contributed by atoms with van der Waals surface area (Å²) in [6.07, 6.45) is 4.21. The summed E-state index contributed by atoms with van der Waals surface area (Å²) in [5.41, 5.74) is 2.68. The molecule has 0 aliphatic heterocycles. The van der Waals surface area contributed by atoms with E-state index < -0.39 is 5.60 Å². The Bertz CT molecular complexity index is 948. The van der Waals surface area contributed by atoms with Crippen molar-refractivity contribution < 1.29 is 9.53 Å². The summed E-state index contributed by atoms with van der Waals surface area (Å²) in [5.74, 6) is -0.263. The van der Waals surface area contributed by atoms with Crippen molar-refractivity contribution >= 4 is 40.1 Å². The van der Waals surface area contributed by atoms with Gasteiger partial charge in [0.15, 0.2) is 0 Å². The van der Waals surface area contributed by atoms with Crippen LogP contribution in [0.1, 0.15) is 32.9 Å². The number of hydrogen-bond donors (Lipinski definition) is 1. The molecule has 1 aromatic carbocycles. The third kappa shape index (κ3) is 4.17. The smallest absolute Gasteiger partial charge is 0.306 e. The number of hydrogen-bond acceptors (Lipinski definition) is 4. The second-order valence-corrected chi connectivity index (χ2v) is 7.78. The summed E-state index contributed by atoms with van der Waals surface area (Å²) in [7, 11) is 0. The number of aromatic amines is 1. The van der Waals surface area contributed by atoms with Crippen LogP contribution < -0.4 is 0 Å². The number of nitrogens with zero attached hydrogens (tertiary/aromatic N) is 2. The number of carbonyl (C=O) groups is 1. The topological polar surface area (TPSA) is 67.9 Å². The fourth-order valence-corrected chi connectivity index (χ4v) is 3.03. The van der Waals surface area contributed by atoms with Crippen molar-refractivity contribution in [1.82, 2.24) is 15.2 Å². The molecule has 0 saturated carbocycles. The number of rotatable bonds is 4. The number of benzene rings is 1. The molecule has 0 unspecified atom stereocenters. The van der Waals surface area contributed by atoms with Gasteiger partial charge < -0.3 is 4.74 Å². The molecule has 0 spiro atoms. The Kier molecular flexibility index (Phi) is 5.21. The number of fused-ring (bicyclic) bond motifs is 1. The van der Waals surface area contributed by atoms with Crippen molar-refractivity contribution in [3.8, 4) is 11.1 Å². The van der Waals surface area contributed by atoms with Crippen LogP contribution in [0, 0.1) is 0 Å². The van der Waals surface area contributed by atoms with Crippen LogP contribution in [0.4, 0.5) is 0 Å². The van der Waals surface area contributed by atoms with Crippen molar-refractivity contribution in [3.05, 3.63) is 46.3 Å². The average Bonchev–Trinajstić information content (AvgIpc) is 3.09. The summed E-state index contributed by atoms with van der Waals surface area (Å²) in [4.78, 5) is 16.6. The number of pyridine rings is 1. The maximum Gasteiger partial charge on any atom is 0.306 e. The number of aromatic nitrogens is 3. The zero-order valence-corrected chi connectivity index (χ0v) is 16.3. The van der Waals surface area contributed by atoms with Gasteiger partial charge in [-0.1, -0.05) is 29.3 Å². The van der Waals surface area contributed by atoms with E-state index in [0.717, 1.165) is 22.2 Å². The highest BCUT2D eigenvalue weighted by molar-refractivity contribution is 6.45. The van der Waals surface area contributed by atoms with Gasteiger partial charge in [0.05, 0.1) is 28.2 Å². The summed E-state index contributed by atoms with van der Waals surface area (Å²) < 4.78 is 5.36. The summed E-state index contributed by atoms with van der Waals surface area (Å²) in [6, 6.07) is 5.58. The van der Waals surface area contributed by atoms with Crippen LogP contribution in [-0.4, -0.2) is 26.8 Å². The standard InChI is InChI=1S/C19H19Cl2N3O2/c1-19(2,3)26-16(25)7-4-12-8-14(11-9-22-23-10-11)13-5-6-15(20)17(21)18(13)24-12/h5-6,8-10H,4,7H2,1-3H3,(H,22,23). The molecular weight excluding hydrogens is 373 g/mol. The monoisotopic (exact) mass is 391 g/mol. The quantitative estimate of drug-likeness (QED) is 0.620. The van der Waals surface area contributed by atoms with Crippen LogP contribution >= 0.6 is 23.2 Å². The van der Waals surface area contributed by atoms with E-state index in [2.05, 4.69) is 15.2 Å². The van der Waals surface area contributed by atoms with Gasteiger partial charge in [0.1, 0.15) is 5.60 Å². The van der Waals surface area contributed by atoms with Crippen LogP contribution in [-0.2, 0) is 16.0 Å². The molecule has 2 aromatic heterocycles. The SMILES string of the molecule is CC(C)(C)OC(=O)CCc1cc(-c2cn[nH]c2)c2ccc(Cl)c(Cl)c2n1. The van der Waals surface area contributed by atoms with Gasteiger partial charge in [0.25, 0.3) is 0 Å². The number of esters is 1. The van der Waals surface area contributed by atoms with E-state index in [4.69, 9.17) is 27.9 Å². The van der Waals surface area contributed by atoms with Crippen molar-refractivity contribution in [2.24, 2.45) is 0 Å². The lowest BCUT2D eigenvalue weighted by Gasteiger charge is -2.19. The van der Waals surface area contributed by atoms with Crippen molar-refractivity contribution in [2.45, 2.75) is 39.2 Å². The lowest BCUT2D eigenvalue weighted by Crippen LogP contribution is -2.24. The van der Waals surface area contributed by atoms with Crippen molar-refractivity contribution in [3.63, 3.8) is 0 Å². The molecule has 0 saturated heterocycles. The Hall–Kier alpha value is -2.11. The lowest BCUT2D eigenvalue weighted by molar-refractivity contribution is -0.154. The highest BCUT2D eigenvalue weighted by Crippen LogP contribution is 2.35. The van der Waals surface area contributed by atoms with Gasteiger partial charge >= 0.3 is 5.97 Å². The van der Waals surface area contributed by atoms with Gasteiger partial charge in [-0.15, -0.1) is 0 Å². The molecule has 0 fully saturated rings. The molecule has 3 aromatic rings. The van der Waals surface area contributed by atoms with Gasteiger partial charge in [0.2, 0.25) is 0 Å². The van der Waals surface area contributed by atoms with E-state index in [9.17, 15) is 4.79 Å². The van der Waals surface area contributed by atoms with Crippen molar-refractivity contribution in [1.29, 1.82) is 0 Å². The number of aryl methyl sites for hydroxylation is 1. The molecule has 0 aliphatic carbocycles. The Labute approximate surface area is 161 Å². The van der Waals surface area contributed by atoms with E-state index >= 15 is 0 Å². The van der Waals surface area contributed by atoms with Gasteiger partial charge in [-0.3, -0.25) is 14.9 Å². The number of nitrogens with one attached hydrogen (secondary N) is 1. The largest absolute Gasteiger partial charge is 0.460 e. The maximum absolute atomic E-state index is 12.0. The number of halogens is 2. The zero-order chi connectivity index (χ0) is 18.9. The van der Waals surface area contributed by atoms with E-state index in [-0.39, 0.29) is 12.4 Å². The summed E-state index contributed by atoms with van der Waals surface area (Å²) in [6.45, 7) is 5.54. The van der Waals surface area contributed by atoms with E-state index in [0.29, 0.717) is 22.0 Å². The normalized spacial score (nSPS) is 11.7. The third-order valence-corrected chi connectivity index (χ3v) is 4.53. The zero-order valence-electron chi connectivity index (χ0n) is 14.8. The highest BCUT2D eigenvalue weighted by Gasteiger charge is 2.18. The van der Waals surface area contributed by atoms with Gasteiger partial charge in [-0.2, -0.15) is 5.10 Å². The first-order valence-corrected chi connectivity index (χ1v) is 8.99. The fraction of sp³-hybridized carbons (Fsp3) is 0.316. The van der Waals surface area contributed by atoms with Crippen molar-refractivity contribution in [2.75, 3.05) is 0 Å². The molecule has 0 amide bonds. The maximum atomic E-state index is 12.0. The van der Waals surface area contributed by atoms with E-state index in [1.807, 2.05) is 32.9 Å². The van der Waals surface area contributed by atoms with Crippen LogP contribution in [0.15, 0.2) is 30.6 Å². The molecule has 0 atom stereocenters. The summed E-state index contributed by atoms with van der Waals surface area (Å²) >= 11 is 12.5. The second-order valence-electron chi connectivity index (χ2n) is 6.99. The first-order chi connectivity index (χ1) is 12.2. The first-order valence-electron chi connectivity index (χ1n) is 8.23. The molecule has 26 heavy (non-hydrogen) atoms. The number of carbonyl (C=O) groups excluding carboxylic acids is 1. The molecule has 5 nitrogen and oxygen atoms in total. The highest BCUT2D eigenvalue weighted by atomic mass is 35.5. The summed E-state index contributed by atoms with van der Waals surface area (Å²) in [5, 5.41) is 8.53. The molecule has 136 valence electrons. The molecule has 0 radical (unpaired) electrons. The number of H-pyrrole nitrogens is 1. The second kappa shape index (κ2) is 7.25. The van der Waals surface area contributed by atoms with Crippen LogP contribution in [0.5, 0.6) is 0 Å². The molecule has 0 bridgehead atoms. The lowest BCUT2D eigenvalue weighted by atomic mass is 10.0. The Morgan fingerprint density at radius 2 is 2.04 bits per heavy atom. The fourth-order valence-electron chi connectivity index (χ4n) is 2.67. The molecule has 0 aliphatic rings. The Balaban J connectivity index is 1.98. The molecular formula is C19H19Cl2N3O2. The van der Waals surface area contributed by atoms with Gasteiger partial charge in [-0.25, -0.2) is 0 Å². The van der Waals surface area contributed by atoms with Crippen LogP contribution in [0.25, 0.3) is 22.0 Å².